The monoisotopic (exact) mass is 261 g/mol. The predicted octanol–water partition coefficient (Wildman–Crippen LogP) is 2.91. The fourth-order valence-electron chi connectivity index (χ4n) is 2.83. The number of hydrogen-bond donors (Lipinski definition) is 2. The van der Waals surface area contributed by atoms with E-state index in [1.807, 2.05) is 19.9 Å². The lowest BCUT2D eigenvalue weighted by atomic mass is 9.79. The largest absolute Gasteiger partial charge is 0.481 e. The third kappa shape index (κ3) is 3.57. The summed E-state index contributed by atoms with van der Waals surface area (Å²) in [4.78, 5) is 11.0. The average Bonchev–Trinajstić information content (AvgIpc) is 2.38. The summed E-state index contributed by atoms with van der Waals surface area (Å²) >= 11 is 0. The van der Waals surface area contributed by atoms with E-state index in [-0.39, 0.29) is 11.8 Å². The van der Waals surface area contributed by atoms with Crippen molar-refractivity contribution >= 4 is 5.97 Å². The number of carbonyl (C=O) groups is 1. The minimum atomic E-state index is -0.741. The normalized spacial score (nSPS) is 20.2. The molecule has 1 unspecified atom stereocenters. The van der Waals surface area contributed by atoms with Crippen LogP contribution in [0.15, 0.2) is 24.3 Å². The van der Waals surface area contributed by atoms with Crippen molar-refractivity contribution in [3.05, 3.63) is 35.4 Å². The number of aliphatic carboxylic acids is 1. The maximum absolute atomic E-state index is 11.0. The first kappa shape index (κ1) is 14.1. The molecule has 0 spiro atoms. The standard InChI is InChI=1S/C16H23NO2/c1-16(2,10-15(18)19)14-7-3-5-12(9-14)13-6-4-8-17-11-13/h3,5,7,9,13,17H,4,6,8,10-11H2,1-2H3,(H,18,19). The first-order chi connectivity index (χ1) is 8.99. The van der Waals surface area contributed by atoms with Gasteiger partial charge in [-0.2, -0.15) is 0 Å². The Kier molecular flexibility index (Phi) is 4.25. The van der Waals surface area contributed by atoms with Crippen LogP contribution in [0, 0.1) is 0 Å². The Morgan fingerprint density at radius 2 is 2.26 bits per heavy atom. The van der Waals surface area contributed by atoms with Crippen molar-refractivity contribution in [3.63, 3.8) is 0 Å². The fourth-order valence-corrected chi connectivity index (χ4v) is 2.83. The predicted molar refractivity (Wildman–Crippen MR) is 76.6 cm³/mol. The van der Waals surface area contributed by atoms with Gasteiger partial charge in [-0.05, 0) is 36.4 Å². The van der Waals surface area contributed by atoms with Crippen LogP contribution < -0.4 is 5.32 Å². The van der Waals surface area contributed by atoms with E-state index in [0.717, 1.165) is 18.7 Å². The molecule has 2 N–H and O–H groups in total. The average molecular weight is 261 g/mol. The van der Waals surface area contributed by atoms with Gasteiger partial charge in [0.05, 0.1) is 6.42 Å². The Morgan fingerprint density at radius 3 is 2.89 bits per heavy atom. The Labute approximate surface area is 115 Å². The molecule has 1 fully saturated rings. The molecule has 19 heavy (non-hydrogen) atoms. The molecule has 3 heteroatoms. The lowest BCUT2D eigenvalue weighted by molar-refractivity contribution is -0.138. The maximum atomic E-state index is 11.0. The van der Waals surface area contributed by atoms with Crippen LogP contribution >= 0.6 is 0 Å². The Morgan fingerprint density at radius 1 is 1.47 bits per heavy atom. The third-order valence-corrected chi connectivity index (χ3v) is 4.03. The first-order valence-electron chi connectivity index (χ1n) is 7.02. The third-order valence-electron chi connectivity index (χ3n) is 4.03. The number of benzene rings is 1. The molecule has 1 aliphatic heterocycles. The smallest absolute Gasteiger partial charge is 0.304 e. The summed E-state index contributed by atoms with van der Waals surface area (Å²) in [6, 6.07) is 8.46. The fraction of sp³-hybridized carbons (Fsp3) is 0.562. The van der Waals surface area contributed by atoms with E-state index < -0.39 is 5.97 Å². The number of carboxylic acids is 1. The number of hydrogen-bond acceptors (Lipinski definition) is 2. The molecule has 0 aromatic heterocycles. The number of piperidine rings is 1. The van der Waals surface area contributed by atoms with Gasteiger partial charge in [-0.1, -0.05) is 38.1 Å². The molecule has 0 amide bonds. The second kappa shape index (κ2) is 5.74. The molecular weight excluding hydrogens is 238 g/mol. The second-order valence-electron chi connectivity index (χ2n) is 6.12. The molecule has 0 radical (unpaired) electrons. The highest BCUT2D eigenvalue weighted by Crippen LogP contribution is 2.31. The van der Waals surface area contributed by atoms with Crippen LogP contribution in [0.3, 0.4) is 0 Å². The highest BCUT2D eigenvalue weighted by molar-refractivity contribution is 5.68. The van der Waals surface area contributed by atoms with Gasteiger partial charge < -0.3 is 10.4 Å². The van der Waals surface area contributed by atoms with E-state index in [2.05, 4.69) is 23.5 Å². The minimum absolute atomic E-state index is 0.166. The Hall–Kier alpha value is -1.35. The lowest BCUT2D eigenvalue weighted by Gasteiger charge is -2.27. The van der Waals surface area contributed by atoms with Gasteiger partial charge in [-0.3, -0.25) is 4.79 Å². The molecule has 104 valence electrons. The molecule has 0 saturated carbocycles. The van der Waals surface area contributed by atoms with Crippen molar-refractivity contribution in [2.45, 2.75) is 44.4 Å². The van der Waals surface area contributed by atoms with Gasteiger partial charge in [-0.15, -0.1) is 0 Å². The van der Waals surface area contributed by atoms with Crippen molar-refractivity contribution < 1.29 is 9.90 Å². The molecule has 0 bridgehead atoms. The molecule has 1 aromatic rings. The zero-order chi connectivity index (χ0) is 13.9. The second-order valence-corrected chi connectivity index (χ2v) is 6.12. The number of nitrogens with one attached hydrogen (secondary N) is 1. The summed E-state index contributed by atoms with van der Waals surface area (Å²) in [6.07, 6.45) is 2.60. The van der Waals surface area contributed by atoms with Crippen molar-refractivity contribution in [3.8, 4) is 0 Å². The van der Waals surface area contributed by atoms with Crippen LogP contribution in [-0.2, 0) is 10.2 Å². The Bertz CT molecular complexity index is 448. The number of rotatable bonds is 4. The van der Waals surface area contributed by atoms with Crippen molar-refractivity contribution in [1.29, 1.82) is 0 Å². The SMILES string of the molecule is CC(C)(CC(=O)O)c1cccc(C2CCCNC2)c1. The quantitative estimate of drug-likeness (QED) is 0.876. The van der Waals surface area contributed by atoms with Crippen LogP contribution in [0.1, 0.15) is 50.2 Å². The van der Waals surface area contributed by atoms with Gasteiger partial charge in [-0.25, -0.2) is 0 Å². The molecule has 1 atom stereocenters. The van der Waals surface area contributed by atoms with Crippen LogP contribution in [0.4, 0.5) is 0 Å². The van der Waals surface area contributed by atoms with Crippen LogP contribution in [-0.4, -0.2) is 24.2 Å². The lowest BCUT2D eigenvalue weighted by Crippen LogP contribution is -2.28. The van der Waals surface area contributed by atoms with Gasteiger partial charge in [0.1, 0.15) is 0 Å². The van der Waals surface area contributed by atoms with Crippen molar-refractivity contribution in [1.82, 2.24) is 5.32 Å². The van der Waals surface area contributed by atoms with E-state index in [1.165, 1.54) is 18.4 Å². The molecule has 1 aliphatic rings. The summed E-state index contributed by atoms with van der Waals surface area (Å²) in [5.74, 6) is -0.177. The van der Waals surface area contributed by atoms with Gasteiger partial charge >= 0.3 is 5.97 Å². The molecule has 0 aliphatic carbocycles. The Balaban J connectivity index is 2.20. The maximum Gasteiger partial charge on any atom is 0.304 e. The highest BCUT2D eigenvalue weighted by Gasteiger charge is 2.25. The zero-order valence-corrected chi connectivity index (χ0v) is 11.8. The van der Waals surface area contributed by atoms with E-state index in [1.54, 1.807) is 0 Å². The van der Waals surface area contributed by atoms with Gasteiger partial charge in [0, 0.05) is 12.0 Å². The van der Waals surface area contributed by atoms with Crippen LogP contribution in [0.25, 0.3) is 0 Å². The van der Waals surface area contributed by atoms with Gasteiger partial charge in [0.25, 0.3) is 0 Å². The van der Waals surface area contributed by atoms with Crippen LogP contribution in [0.2, 0.25) is 0 Å². The van der Waals surface area contributed by atoms with Gasteiger partial charge in [0.15, 0.2) is 0 Å². The van der Waals surface area contributed by atoms with Crippen molar-refractivity contribution in [2.24, 2.45) is 0 Å². The van der Waals surface area contributed by atoms with Gasteiger partial charge in [0.2, 0.25) is 0 Å². The van der Waals surface area contributed by atoms with E-state index >= 15 is 0 Å². The number of carboxylic acid groups (broad SMARTS) is 1. The summed E-state index contributed by atoms with van der Waals surface area (Å²) < 4.78 is 0. The van der Waals surface area contributed by atoms with E-state index in [0.29, 0.717) is 5.92 Å². The molecule has 3 nitrogen and oxygen atoms in total. The molecular formula is C16H23NO2. The molecule has 2 rings (SSSR count). The highest BCUT2D eigenvalue weighted by atomic mass is 16.4. The first-order valence-corrected chi connectivity index (χ1v) is 7.02. The van der Waals surface area contributed by atoms with E-state index in [4.69, 9.17) is 5.11 Å². The van der Waals surface area contributed by atoms with Crippen molar-refractivity contribution in [2.75, 3.05) is 13.1 Å². The molecule has 1 heterocycles. The summed E-state index contributed by atoms with van der Waals surface area (Å²) in [5, 5.41) is 12.4. The van der Waals surface area contributed by atoms with Crippen LogP contribution in [0.5, 0.6) is 0 Å². The zero-order valence-electron chi connectivity index (χ0n) is 11.8. The topological polar surface area (TPSA) is 49.3 Å². The molecule has 1 aromatic carbocycles. The molecule has 1 saturated heterocycles. The summed E-state index contributed by atoms with van der Waals surface area (Å²) in [5.41, 5.74) is 2.14. The summed E-state index contributed by atoms with van der Waals surface area (Å²) in [7, 11) is 0. The minimum Gasteiger partial charge on any atom is -0.481 e. The van der Waals surface area contributed by atoms with E-state index in [9.17, 15) is 4.79 Å². The summed E-state index contributed by atoms with van der Waals surface area (Å²) in [6.45, 7) is 6.14.